The van der Waals surface area contributed by atoms with E-state index in [1.165, 1.54) is 64.2 Å². The first kappa shape index (κ1) is 25.9. The number of unbranched alkanes of at least 4 members (excludes halogenated alkanes) is 10. The summed E-state index contributed by atoms with van der Waals surface area (Å²) in [5.74, 6) is 0.356. The largest absolute Gasteiger partial charge is 0.393 e. The fourth-order valence-corrected chi connectivity index (χ4v) is 3.86. The minimum Gasteiger partial charge on any atom is -0.393 e. The Kier molecular flexibility index (Phi) is 19.5. The number of rotatable bonds is 20. The molecule has 158 valence electrons. The van der Waals surface area contributed by atoms with Crippen molar-refractivity contribution in [3.63, 3.8) is 0 Å². The Labute approximate surface area is 163 Å². The lowest BCUT2D eigenvalue weighted by Crippen LogP contribution is -2.24. The second kappa shape index (κ2) is 19.6. The molecular formula is C23H48O3. The maximum atomic E-state index is 10.2. The fourth-order valence-electron chi connectivity index (χ4n) is 3.86. The van der Waals surface area contributed by atoms with Gasteiger partial charge in [0, 0.05) is 0 Å². The molecule has 0 heterocycles. The summed E-state index contributed by atoms with van der Waals surface area (Å²) in [7, 11) is 0. The molecule has 0 aromatic heterocycles. The Bertz CT molecular complexity index is 270. The lowest BCUT2D eigenvalue weighted by Gasteiger charge is -2.24. The van der Waals surface area contributed by atoms with Crippen LogP contribution in [0, 0.1) is 5.92 Å². The predicted octanol–water partition coefficient (Wildman–Crippen LogP) is 7.51. The highest BCUT2D eigenvalue weighted by Gasteiger charge is 2.21. The molecule has 26 heavy (non-hydrogen) atoms. The van der Waals surface area contributed by atoms with E-state index in [1.807, 2.05) is 0 Å². The van der Waals surface area contributed by atoms with Crippen molar-refractivity contribution >= 4 is 0 Å². The van der Waals surface area contributed by atoms with Crippen LogP contribution in [-0.4, -0.2) is 22.6 Å². The summed E-state index contributed by atoms with van der Waals surface area (Å²) in [6.45, 7) is 6.64. The Morgan fingerprint density at radius 1 is 0.615 bits per heavy atom. The normalized spacial score (nSPS) is 15.1. The molecule has 3 atom stereocenters. The Morgan fingerprint density at radius 3 is 1.62 bits per heavy atom. The third-order valence-corrected chi connectivity index (χ3v) is 5.79. The van der Waals surface area contributed by atoms with E-state index >= 15 is 0 Å². The van der Waals surface area contributed by atoms with E-state index in [1.54, 1.807) is 0 Å². The van der Waals surface area contributed by atoms with Crippen molar-refractivity contribution in [2.75, 3.05) is 0 Å². The zero-order chi connectivity index (χ0) is 19.5. The monoisotopic (exact) mass is 372 g/mol. The summed E-state index contributed by atoms with van der Waals surface area (Å²) in [6, 6.07) is 0. The van der Waals surface area contributed by atoms with Gasteiger partial charge < -0.3 is 5.11 Å². The molecule has 0 rings (SSSR count). The maximum absolute atomic E-state index is 10.2. The quantitative estimate of drug-likeness (QED) is 0.132. The van der Waals surface area contributed by atoms with Gasteiger partial charge in [-0.15, -0.1) is 0 Å². The van der Waals surface area contributed by atoms with E-state index < -0.39 is 0 Å². The van der Waals surface area contributed by atoms with Crippen LogP contribution in [-0.2, 0) is 4.89 Å². The van der Waals surface area contributed by atoms with Crippen molar-refractivity contribution in [2.45, 2.75) is 142 Å². The van der Waals surface area contributed by atoms with Gasteiger partial charge in [-0.25, -0.2) is 4.89 Å². The maximum Gasteiger partial charge on any atom is 0.0955 e. The minimum absolute atomic E-state index is 0.0626. The molecule has 3 nitrogen and oxygen atoms in total. The van der Waals surface area contributed by atoms with Crippen LogP contribution in [0.3, 0.4) is 0 Å². The first-order valence-electron chi connectivity index (χ1n) is 11.7. The number of aliphatic hydroxyl groups excluding tert-OH is 1. The molecule has 0 radical (unpaired) electrons. The van der Waals surface area contributed by atoms with Crippen molar-refractivity contribution < 1.29 is 15.3 Å². The molecule has 0 aromatic rings. The van der Waals surface area contributed by atoms with Crippen molar-refractivity contribution in [1.82, 2.24) is 0 Å². The van der Waals surface area contributed by atoms with Crippen LogP contribution >= 0.6 is 0 Å². The van der Waals surface area contributed by atoms with Gasteiger partial charge in [0.1, 0.15) is 0 Å². The summed E-state index contributed by atoms with van der Waals surface area (Å²) < 4.78 is 0. The summed E-state index contributed by atoms with van der Waals surface area (Å²) in [4.78, 5) is 4.82. The van der Waals surface area contributed by atoms with Gasteiger partial charge in [0.25, 0.3) is 0 Å². The van der Waals surface area contributed by atoms with Crippen molar-refractivity contribution in [2.24, 2.45) is 5.92 Å². The Morgan fingerprint density at radius 2 is 1.12 bits per heavy atom. The number of aliphatic hydroxyl groups is 1. The first-order valence-corrected chi connectivity index (χ1v) is 11.7. The van der Waals surface area contributed by atoms with Crippen LogP contribution in [0.1, 0.15) is 130 Å². The highest BCUT2D eigenvalue weighted by molar-refractivity contribution is 4.71. The van der Waals surface area contributed by atoms with E-state index in [2.05, 4.69) is 20.8 Å². The average Bonchev–Trinajstić information content (AvgIpc) is 2.65. The molecular weight excluding hydrogens is 324 g/mol. The predicted molar refractivity (Wildman–Crippen MR) is 113 cm³/mol. The molecule has 0 saturated heterocycles. The second-order valence-corrected chi connectivity index (χ2v) is 8.16. The van der Waals surface area contributed by atoms with Crippen LogP contribution in [0.4, 0.5) is 0 Å². The minimum atomic E-state index is -0.191. The summed E-state index contributed by atoms with van der Waals surface area (Å²) in [5.41, 5.74) is 0. The molecule has 3 unspecified atom stereocenters. The average molecular weight is 373 g/mol. The highest BCUT2D eigenvalue weighted by atomic mass is 17.1. The zero-order valence-corrected chi connectivity index (χ0v) is 18.1. The van der Waals surface area contributed by atoms with Crippen LogP contribution < -0.4 is 0 Å². The van der Waals surface area contributed by atoms with Gasteiger partial charge in [-0.1, -0.05) is 104 Å². The Hall–Kier alpha value is -0.120. The lowest BCUT2D eigenvalue weighted by atomic mass is 9.89. The van der Waals surface area contributed by atoms with Gasteiger partial charge in [-0.05, 0) is 31.6 Å². The van der Waals surface area contributed by atoms with Gasteiger partial charge in [-0.2, -0.15) is 0 Å². The molecule has 0 fully saturated rings. The van der Waals surface area contributed by atoms with Crippen LogP contribution in [0.2, 0.25) is 0 Å². The van der Waals surface area contributed by atoms with E-state index in [9.17, 15) is 10.4 Å². The standard InChI is InChI=1S/C23H48O3/c1-4-7-9-11-13-15-17-22(24)20-19-21(6-3)23(26-25)18-16-14-12-10-8-5-2/h21-25H,4-20H2,1-3H3. The van der Waals surface area contributed by atoms with E-state index in [0.29, 0.717) is 5.92 Å². The van der Waals surface area contributed by atoms with Crippen molar-refractivity contribution in [1.29, 1.82) is 0 Å². The SMILES string of the molecule is CCCCCCCCC(O)CCC(CC)C(CCCCCCCC)OO. The molecule has 3 heteroatoms. The van der Waals surface area contributed by atoms with E-state index in [4.69, 9.17) is 4.89 Å². The smallest absolute Gasteiger partial charge is 0.0955 e. The van der Waals surface area contributed by atoms with Crippen molar-refractivity contribution in [3.8, 4) is 0 Å². The van der Waals surface area contributed by atoms with Crippen LogP contribution in [0.15, 0.2) is 0 Å². The van der Waals surface area contributed by atoms with Gasteiger partial charge in [0.2, 0.25) is 0 Å². The molecule has 0 saturated carbocycles. The molecule has 0 aliphatic rings. The van der Waals surface area contributed by atoms with Gasteiger partial charge in [-0.3, -0.25) is 5.26 Å². The molecule has 0 amide bonds. The molecule has 2 N–H and O–H groups in total. The molecule has 0 aliphatic carbocycles. The molecule has 0 aromatic carbocycles. The second-order valence-electron chi connectivity index (χ2n) is 8.16. The Balaban J connectivity index is 3.86. The molecule has 0 spiro atoms. The molecule has 0 bridgehead atoms. The number of hydrogen-bond acceptors (Lipinski definition) is 3. The molecule has 0 aliphatic heterocycles. The summed E-state index contributed by atoms with van der Waals surface area (Å²) in [6.07, 6.45) is 19.6. The van der Waals surface area contributed by atoms with Crippen LogP contribution in [0.25, 0.3) is 0 Å². The third-order valence-electron chi connectivity index (χ3n) is 5.79. The van der Waals surface area contributed by atoms with Gasteiger partial charge >= 0.3 is 0 Å². The fraction of sp³-hybridized carbons (Fsp3) is 1.00. The van der Waals surface area contributed by atoms with Gasteiger partial charge in [0.15, 0.2) is 0 Å². The zero-order valence-electron chi connectivity index (χ0n) is 18.1. The summed E-state index contributed by atoms with van der Waals surface area (Å²) in [5, 5.41) is 19.6. The van der Waals surface area contributed by atoms with Crippen molar-refractivity contribution in [3.05, 3.63) is 0 Å². The third kappa shape index (κ3) is 15.0. The van der Waals surface area contributed by atoms with Gasteiger partial charge in [0.05, 0.1) is 12.2 Å². The highest BCUT2D eigenvalue weighted by Crippen LogP contribution is 2.24. The van der Waals surface area contributed by atoms with E-state index in [-0.39, 0.29) is 12.2 Å². The van der Waals surface area contributed by atoms with E-state index in [0.717, 1.165) is 44.9 Å². The lowest BCUT2D eigenvalue weighted by molar-refractivity contribution is -0.292. The topological polar surface area (TPSA) is 49.7 Å². The summed E-state index contributed by atoms with van der Waals surface area (Å²) >= 11 is 0. The first-order chi connectivity index (χ1) is 12.7. The van der Waals surface area contributed by atoms with Crippen LogP contribution in [0.5, 0.6) is 0 Å². The number of hydrogen-bond donors (Lipinski definition) is 2.